The highest BCUT2D eigenvalue weighted by Gasteiger charge is 2.37. The quantitative estimate of drug-likeness (QED) is 0.174. The summed E-state index contributed by atoms with van der Waals surface area (Å²) in [5, 5.41) is 2.38. The third kappa shape index (κ3) is 5.39. The van der Waals surface area contributed by atoms with Gasteiger partial charge in [0.25, 0.3) is 0 Å². The summed E-state index contributed by atoms with van der Waals surface area (Å²) in [6.45, 7) is 8.99. The molecule has 0 amide bonds. The lowest BCUT2D eigenvalue weighted by Gasteiger charge is -2.27. The first-order chi connectivity index (χ1) is 26.0. The number of pyridine rings is 1. The van der Waals surface area contributed by atoms with E-state index in [1.54, 1.807) is 0 Å². The Hall–Kier alpha value is -6.45. The lowest BCUT2D eigenvalue weighted by Crippen LogP contribution is -2.15. The lowest BCUT2D eigenvalue weighted by atomic mass is 9.82. The maximum atomic E-state index is 4.41. The van der Waals surface area contributed by atoms with Gasteiger partial charge in [0.1, 0.15) is 0 Å². The van der Waals surface area contributed by atoms with Gasteiger partial charge in [0.05, 0.1) is 11.0 Å². The molecule has 0 saturated heterocycles. The summed E-state index contributed by atoms with van der Waals surface area (Å²) in [7, 11) is 0. The van der Waals surface area contributed by atoms with Gasteiger partial charge in [-0.15, -0.1) is 0 Å². The molecular formula is C50H41N3. The van der Waals surface area contributed by atoms with Crippen molar-refractivity contribution >= 4 is 44.4 Å². The Labute approximate surface area is 311 Å². The van der Waals surface area contributed by atoms with Crippen LogP contribution in [0.2, 0.25) is 0 Å². The zero-order chi connectivity index (χ0) is 36.1. The molecule has 6 aromatic carbocycles. The van der Waals surface area contributed by atoms with Crippen LogP contribution < -0.4 is 4.90 Å². The molecule has 2 aromatic heterocycles. The van der Waals surface area contributed by atoms with E-state index in [0.717, 1.165) is 28.3 Å². The van der Waals surface area contributed by atoms with Crippen LogP contribution >= 0.6 is 0 Å². The van der Waals surface area contributed by atoms with Crippen LogP contribution in [0.5, 0.6) is 0 Å². The number of hydrogen-bond donors (Lipinski definition) is 0. The highest BCUT2D eigenvalue weighted by atomic mass is 15.1. The molecule has 2 heterocycles. The summed E-state index contributed by atoms with van der Waals surface area (Å²) in [4.78, 5) is 6.79. The second-order valence-electron chi connectivity index (χ2n) is 14.3. The van der Waals surface area contributed by atoms with Gasteiger partial charge in [0.15, 0.2) is 0 Å². The normalized spacial score (nSPS) is 15.0. The second-order valence-corrected chi connectivity index (χ2v) is 14.3. The smallest absolute Gasteiger partial charge is 0.0571 e. The zero-order valence-corrected chi connectivity index (χ0v) is 30.6. The van der Waals surface area contributed by atoms with Gasteiger partial charge in [-0.2, -0.15) is 0 Å². The number of fused-ring (bicyclic) bond motifs is 4. The standard InChI is InChI=1S/C50H41N3/c1-5-42-44-32-41(28-29-47(44)50(3,4)46(42)6-2)52(38-22-16-35(17-23-38)34-12-8-7-9-13-34)39-24-18-36(19-25-39)37-20-26-40(27-21-37)53-48-15-11-10-14-43(48)45-33-51-31-30-49(45)53/h5-33H,1-4H3/b42-5-,46-6?. The maximum absolute atomic E-state index is 4.41. The summed E-state index contributed by atoms with van der Waals surface area (Å²) in [5.74, 6) is 0. The van der Waals surface area contributed by atoms with Gasteiger partial charge in [-0.25, -0.2) is 0 Å². The number of nitrogens with zero attached hydrogens (tertiary/aromatic N) is 3. The topological polar surface area (TPSA) is 21.1 Å². The summed E-state index contributed by atoms with van der Waals surface area (Å²) in [6, 6.07) is 55.1. The van der Waals surface area contributed by atoms with Crippen molar-refractivity contribution in [1.29, 1.82) is 0 Å². The van der Waals surface area contributed by atoms with Gasteiger partial charge in [0.2, 0.25) is 0 Å². The van der Waals surface area contributed by atoms with Crippen molar-refractivity contribution in [1.82, 2.24) is 9.55 Å². The number of benzene rings is 6. The van der Waals surface area contributed by atoms with Gasteiger partial charge >= 0.3 is 0 Å². The van der Waals surface area contributed by atoms with Crippen molar-refractivity contribution in [2.45, 2.75) is 33.1 Å². The van der Waals surface area contributed by atoms with E-state index in [1.165, 1.54) is 60.8 Å². The SMILES string of the molecule is CC=C1/C(=C\C)c2cc(N(c3ccc(-c4ccccc4)cc3)c3ccc(-c4ccc(-n5c6ccccc6c6cnccc65)cc4)cc3)ccc2C1(C)C. The van der Waals surface area contributed by atoms with Crippen LogP contribution in [0.3, 0.4) is 0 Å². The van der Waals surface area contributed by atoms with Gasteiger partial charge in [0, 0.05) is 51.3 Å². The fraction of sp³-hybridized carbons (Fsp3) is 0.100. The van der Waals surface area contributed by atoms with E-state index in [0.29, 0.717) is 0 Å². The van der Waals surface area contributed by atoms with Crippen LogP contribution in [0, 0.1) is 0 Å². The zero-order valence-electron chi connectivity index (χ0n) is 30.6. The molecule has 9 rings (SSSR count). The number of aromatic nitrogens is 2. The average molecular weight is 684 g/mol. The Morgan fingerprint density at radius 3 is 1.75 bits per heavy atom. The molecule has 0 N–H and O–H groups in total. The number of anilines is 3. The molecule has 256 valence electrons. The first-order valence-electron chi connectivity index (χ1n) is 18.4. The van der Waals surface area contributed by atoms with Crippen LogP contribution in [0.15, 0.2) is 182 Å². The van der Waals surface area contributed by atoms with Crippen molar-refractivity contribution in [2.75, 3.05) is 4.90 Å². The minimum absolute atomic E-state index is 0.0391. The largest absolute Gasteiger partial charge is 0.310 e. The van der Waals surface area contributed by atoms with E-state index in [2.05, 4.69) is 206 Å². The van der Waals surface area contributed by atoms with Crippen LogP contribution in [0.4, 0.5) is 17.1 Å². The number of allylic oxidation sites excluding steroid dienone is 4. The summed E-state index contributed by atoms with van der Waals surface area (Å²) in [6.07, 6.45) is 8.38. The van der Waals surface area contributed by atoms with E-state index >= 15 is 0 Å². The van der Waals surface area contributed by atoms with E-state index in [9.17, 15) is 0 Å². The molecule has 3 heteroatoms. The van der Waals surface area contributed by atoms with Gasteiger partial charge in [-0.3, -0.25) is 4.98 Å². The molecule has 1 aliphatic carbocycles. The molecule has 0 radical (unpaired) electrons. The summed E-state index contributed by atoms with van der Waals surface area (Å²) in [5.41, 5.74) is 17.0. The van der Waals surface area contributed by atoms with E-state index in [-0.39, 0.29) is 5.41 Å². The Morgan fingerprint density at radius 2 is 1.11 bits per heavy atom. The second kappa shape index (κ2) is 13.0. The van der Waals surface area contributed by atoms with Crippen molar-refractivity contribution in [3.8, 4) is 27.9 Å². The summed E-state index contributed by atoms with van der Waals surface area (Å²) < 4.78 is 2.33. The maximum Gasteiger partial charge on any atom is 0.0571 e. The Bertz CT molecular complexity index is 2620. The number of hydrogen-bond acceptors (Lipinski definition) is 2. The molecule has 0 aliphatic heterocycles. The van der Waals surface area contributed by atoms with E-state index < -0.39 is 0 Å². The van der Waals surface area contributed by atoms with Crippen molar-refractivity contribution < 1.29 is 0 Å². The van der Waals surface area contributed by atoms with E-state index in [1.807, 2.05) is 12.4 Å². The molecule has 53 heavy (non-hydrogen) atoms. The predicted molar refractivity (Wildman–Crippen MR) is 225 cm³/mol. The molecule has 0 fully saturated rings. The number of rotatable bonds is 6. The summed E-state index contributed by atoms with van der Waals surface area (Å²) >= 11 is 0. The Morgan fingerprint density at radius 1 is 0.547 bits per heavy atom. The highest BCUT2D eigenvalue weighted by Crippen LogP contribution is 2.51. The molecule has 1 aliphatic rings. The van der Waals surface area contributed by atoms with Crippen LogP contribution in [0.1, 0.15) is 38.8 Å². The van der Waals surface area contributed by atoms with Gasteiger partial charge < -0.3 is 9.47 Å². The molecular weight excluding hydrogens is 643 g/mol. The minimum Gasteiger partial charge on any atom is -0.310 e. The van der Waals surface area contributed by atoms with Crippen molar-refractivity contribution in [3.63, 3.8) is 0 Å². The van der Waals surface area contributed by atoms with Crippen molar-refractivity contribution in [2.24, 2.45) is 0 Å². The Balaban J connectivity index is 1.10. The fourth-order valence-corrected chi connectivity index (χ4v) is 8.47. The third-order valence-corrected chi connectivity index (χ3v) is 11.1. The van der Waals surface area contributed by atoms with Crippen LogP contribution in [-0.2, 0) is 5.41 Å². The molecule has 0 unspecified atom stereocenters. The highest BCUT2D eigenvalue weighted by molar-refractivity contribution is 6.08. The third-order valence-electron chi connectivity index (χ3n) is 11.1. The predicted octanol–water partition coefficient (Wildman–Crippen LogP) is 13.6. The van der Waals surface area contributed by atoms with Crippen LogP contribution in [0.25, 0.3) is 55.3 Å². The molecule has 0 atom stereocenters. The Kier molecular flexibility index (Phi) is 7.93. The lowest BCUT2D eigenvalue weighted by molar-refractivity contribution is 0.659. The monoisotopic (exact) mass is 683 g/mol. The van der Waals surface area contributed by atoms with Crippen molar-refractivity contribution in [3.05, 3.63) is 193 Å². The first-order valence-corrected chi connectivity index (χ1v) is 18.4. The minimum atomic E-state index is -0.0391. The fourth-order valence-electron chi connectivity index (χ4n) is 8.47. The van der Waals surface area contributed by atoms with Crippen LogP contribution in [-0.4, -0.2) is 9.55 Å². The molecule has 0 saturated carbocycles. The average Bonchev–Trinajstić information content (AvgIpc) is 3.66. The van der Waals surface area contributed by atoms with Gasteiger partial charge in [-0.05, 0) is 119 Å². The molecule has 8 aromatic rings. The van der Waals surface area contributed by atoms with E-state index in [4.69, 9.17) is 0 Å². The molecule has 3 nitrogen and oxygen atoms in total. The molecule has 0 bridgehead atoms. The first kappa shape index (κ1) is 32.5. The van der Waals surface area contributed by atoms with Gasteiger partial charge in [-0.1, -0.05) is 117 Å². The number of para-hydroxylation sites is 1. The molecule has 0 spiro atoms.